The van der Waals surface area contributed by atoms with Crippen LogP contribution >= 0.6 is 0 Å². The van der Waals surface area contributed by atoms with Gasteiger partial charge in [-0.25, -0.2) is 4.98 Å². The van der Waals surface area contributed by atoms with Crippen molar-refractivity contribution in [1.29, 1.82) is 0 Å². The van der Waals surface area contributed by atoms with E-state index >= 15 is 0 Å². The zero-order chi connectivity index (χ0) is 20.5. The predicted octanol–water partition coefficient (Wildman–Crippen LogP) is 4.22. The van der Waals surface area contributed by atoms with Crippen molar-refractivity contribution in [3.05, 3.63) is 30.7 Å². The predicted molar refractivity (Wildman–Crippen MR) is 122 cm³/mol. The van der Waals surface area contributed by atoms with Crippen LogP contribution in [0.5, 0.6) is 0 Å². The van der Waals surface area contributed by atoms with Crippen LogP contribution in [0.25, 0.3) is 21.9 Å². The van der Waals surface area contributed by atoms with E-state index in [1.165, 1.54) is 48.7 Å². The maximum Gasteiger partial charge on any atom is 0.138 e. The van der Waals surface area contributed by atoms with E-state index in [9.17, 15) is 0 Å². The molecule has 0 aliphatic carbocycles. The normalized spacial score (nSPS) is 21.8. The molecule has 2 aliphatic rings. The van der Waals surface area contributed by atoms with E-state index in [4.69, 9.17) is 4.74 Å². The van der Waals surface area contributed by atoms with Crippen LogP contribution < -0.4 is 4.90 Å². The van der Waals surface area contributed by atoms with E-state index in [1.54, 1.807) is 0 Å². The number of H-pyrrole nitrogens is 1. The molecule has 6 heteroatoms. The highest BCUT2D eigenvalue weighted by molar-refractivity contribution is 6.09. The SMILES string of the molecule is CC(C)COC1CCCN(C2CCN(c3ccnc4cnc5[nH]ccc5c34)CC2)C1. The van der Waals surface area contributed by atoms with Gasteiger partial charge in [-0.15, -0.1) is 0 Å². The number of likely N-dealkylation sites (tertiary alicyclic amines) is 1. The molecule has 0 bridgehead atoms. The van der Waals surface area contributed by atoms with Crippen LogP contribution in [-0.2, 0) is 4.74 Å². The summed E-state index contributed by atoms with van der Waals surface area (Å²) >= 11 is 0. The van der Waals surface area contributed by atoms with Crippen molar-refractivity contribution in [2.45, 2.75) is 51.7 Å². The fourth-order valence-corrected chi connectivity index (χ4v) is 5.13. The van der Waals surface area contributed by atoms with Gasteiger partial charge in [0, 0.05) is 61.1 Å². The van der Waals surface area contributed by atoms with Gasteiger partial charge in [-0.1, -0.05) is 13.8 Å². The lowest BCUT2D eigenvalue weighted by molar-refractivity contribution is -0.0251. The number of hydrogen-bond acceptors (Lipinski definition) is 5. The van der Waals surface area contributed by atoms with E-state index in [-0.39, 0.29) is 0 Å². The number of rotatable bonds is 5. The second kappa shape index (κ2) is 8.52. The zero-order valence-electron chi connectivity index (χ0n) is 18.2. The molecule has 6 nitrogen and oxygen atoms in total. The minimum Gasteiger partial charge on any atom is -0.377 e. The average Bonchev–Trinajstić information content (AvgIpc) is 3.27. The monoisotopic (exact) mass is 407 g/mol. The van der Waals surface area contributed by atoms with E-state index in [0.29, 0.717) is 18.1 Å². The number of nitrogens with zero attached hydrogens (tertiary/aromatic N) is 4. The summed E-state index contributed by atoms with van der Waals surface area (Å²) < 4.78 is 6.17. The number of piperidine rings is 2. The molecule has 30 heavy (non-hydrogen) atoms. The molecule has 0 aromatic carbocycles. The molecule has 1 N–H and O–H groups in total. The standard InChI is InChI=1S/C24H33N5O/c1-17(2)16-30-19-4-3-11-29(15-19)18-7-12-28(13-8-18)22-6-10-25-21-14-27-24-20(23(21)22)5-9-26-24/h5-6,9-10,14,17-19H,3-4,7-8,11-13,15-16H2,1-2H3,(H,26,27). The van der Waals surface area contributed by atoms with E-state index in [0.717, 1.165) is 37.4 Å². The summed E-state index contributed by atoms with van der Waals surface area (Å²) in [6.07, 6.45) is 11.1. The van der Waals surface area contributed by atoms with Gasteiger partial charge in [0.15, 0.2) is 0 Å². The lowest BCUT2D eigenvalue weighted by Gasteiger charge is -2.43. The molecule has 5 heterocycles. The van der Waals surface area contributed by atoms with Gasteiger partial charge >= 0.3 is 0 Å². The quantitative estimate of drug-likeness (QED) is 0.686. The largest absolute Gasteiger partial charge is 0.377 e. The summed E-state index contributed by atoms with van der Waals surface area (Å²) in [4.78, 5) is 17.6. The molecule has 0 radical (unpaired) electrons. The Bertz CT molecular complexity index is 992. The summed E-state index contributed by atoms with van der Waals surface area (Å²) in [5.74, 6) is 0.612. The average molecular weight is 408 g/mol. The van der Waals surface area contributed by atoms with Crippen LogP contribution in [0, 0.1) is 5.92 Å². The van der Waals surface area contributed by atoms with Crippen molar-refractivity contribution >= 4 is 27.6 Å². The maximum atomic E-state index is 6.17. The summed E-state index contributed by atoms with van der Waals surface area (Å²) in [7, 11) is 0. The smallest absolute Gasteiger partial charge is 0.138 e. The molecule has 2 aliphatic heterocycles. The van der Waals surface area contributed by atoms with Crippen LogP contribution in [0.3, 0.4) is 0 Å². The summed E-state index contributed by atoms with van der Waals surface area (Å²) in [5.41, 5.74) is 3.21. The third-order valence-corrected chi connectivity index (χ3v) is 6.67. The van der Waals surface area contributed by atoms with Gasteiger partial charge in [0.2, 0.25) is 0 Å². The van der Waals surface area contributed by atoms with Crippen LogP contribution in [0.4, 0.5) is 5.69 Å². The second-order valence-corrected chi connectivity index (χ2v) is 9.29. The Labute approximate surface area is 178 Å². The topological polar surface area (TPSA) is 57.3 Å². The molecule has 160 valence electrons. The minimum atomic E-state index is 0.415. The first-order valence-electron chi connectivity index (χ1n) is 11.5. The fraction of sp³-hybridized carbons (Fsp3) is 0.583. The molecule has 0 saturated carbocycles. The van der Waals surface area contributed by atoms with Crippen molar-refractivity contribution in [1.82, 2.24) is 19.9 Å². The Balaban J connectivity index is 1.28. The third kappa shape index (κ3) is 3.91. The Morgan fingerprint density at radius 2 is 2.00 bits per heavy atom. The highest BCUT2D eigenvalue weighted by Crippen LogP contribution is 2.33. The van der Waals surface area contributed by atoms with Crippen LogP contribution in [0.1, 0.15) is 39.5 Å². The lowest BCUT2D eigenvalue weighted by Crippen LogP contribution is -2.50. The molecular weight excluding hydrogens is 374 g/mol. The first-order valence-corrected chi connectivity index (χ1v) is 11.5. The molecule has 1 unspecified atom stereocenters. The Morgan fingerprint density at radius 1 is 1.13 bits per heavy atom. The highest BCUT2D eigenvalue weighted by Gasteiger charge is 2.30. The van der Waals surface area contributed by atoms with Gasteiger partial charge in [-0.05, 0) is 50.3 Å². The molecule has 3 aromatic heterocycles. The molecule has 2 fully saturated rings. The number of anilines is 1. The van der Waals surface area contributed by atoms with Crippen molar-refractivity contribution < 1.29 is 4.74 Å². The van der Waals surface area contributed by atoms with E-state index in [1.807, 2.05) is 18.6 Å². The Hall–Kier alpha value is -2.18. The fourth-order valence-electron chi connectivity index (χ4n) is 5.13. The molecule has 2 saturated heterocycles. The first-order chi connectivity index (χ1) is 14.7. The molecule has 1 atom stereocenters. The lowest BCUT2D eigenvalue weighted by atomic mass is 9.98. The molecule has 0 amide bonds. The third-order valence-electron chi connectivity index (χ3n) is 6.67. The number of aromatic nitrogens is 3. The van der Waals surface area contributed by atoms with Gasteiger partial charge < -0.3 is 14.6 Å². The van der Waals surface area contributed by atoms with Crippen molar-refractivity contribution in [2.24, 2.45) is 5.92 Å². The highest BCUT2D eigenvalue weighted by atomic mass is 16.5. The van der Waals surface area contributed by atoms with Crippen molar-refractivity contribution in [3.8, 4) is 0 Å². The van der Waals surface area contributed by atoms with Gasteiger partial charge in [-0.2, -0.15) is 0 Å². The molecular formula is C24H33N5O. The maximum absolute atomic E-state index is 6.17. The number of hydrogen-bond donors (Lipinski definition) is 1. The van der Waals surface area contributed by atoms with Gasteiger partial charge in [0.05, 0.1) is 17.8 Å². The first kappa shape index (κ1) is 19.8. The Kier molecular flexibility index (Phi) is 5.61. The number of pyridine rings is 2. The molecule has 3 aromatic rings. The van der Waals surface area contributed by atoms with Crippen molar-refractivity contribution in [2.75, 3.05) is 37.7 Å². The molecule has 0 spiro atoms. The Morgan fingerprint density at radius 3 is 2.83 bits per heavy atom. The van der Waals surface area contributed by atoms with Crippen LogP contribution in [0.2, 0.25) is 0 Å². The number of aromatic amines is 1. The summed E-state index contributed by atoms with van der Waals surface area (Å²) in [5, 5.41) is 2.39. The van der Waals surface area contributed by atoms with Crippen LogP contribution in [-0.4, -0.2) is 64.8 Å². The zero-order valence-corrected chi connectivity index (χ0v) is 18.2. The van der Waals surface area contributed by atoms with E-state index < -0.39 is 0 Å². The van der Waals surface area contributed by atoms with Gasteiger partial charge in [0.1, 0.15) is 5.65 Å². The number of ether oxygens (including phenoxy) is 1. The number of fused-ring (bicyclic) bond motifs is 3. The van der Waals surface area contributed by atoms with E-state index in [2.05, 4.69) is 50.7 Å². The number of nitrogens with one attached hydrogen (secondary N) is 1. The summed E-state index contributed by atoms with van der Waals surface area (Å²) in [6, 6.07) is 4.97. The van der Waals surface area contributed by atoms with Gasteiger partial charge in [0.25, 0.3) is 0 Å². The van der Waals surface area contributed by atoms with Crippen molar-refractivity contribution in [3.63, 3.8) is 0 Å². The molecule has 5 rings (SSSR count). The summed E-state index contributed by atoms with van der Waals surface area (Å²) in [6.45, 7) is 9.85. The van der Waals surface area contributed by atoms with Gasteiger partial charge in [-0.3, -0.25) is 9.88 Å². The van der Waals surface area contributed by atoms with Crippen LogP contribution in [0.15, 0.2) is 30.7 Å². The minimum absolute atomic E-state index is 0.415. The second-order valence-electron chi connectivity index (χ2n) is 9.29.